The van der Waals surface area contributed by atoms with E-state index in [4.69, 9.17) is 0 Å². The summed E-state index contributed by atoms with van der Waals surface area (Å²) in [4.78, 5) is 0. The molecule has 2 aliphatic rings. The van der Waals surface area contributed by atoms with Crippen LogP contribution in [0, 0.1) is 17.3 Å². The van der Waals surface area contributed by atoms with Gasteiger partial charge in [-0.25, -0.2) is 0 Å². The van der Waals surface area contributed by atoms with E-state index in [2.05, 4.69) is 37.8 Å². The van der Waals surface area contributed by atoms with Gasteiger partial charge in [-0.15, -0.1) is 0 Å². The maximum absolute atomic E-state index is 3.91. The van der Waals surface area contributed by atoms with Crippen LogP contribution in [0.25, 0.3) is 0 Å². The number of hydrogen-bond donors (Lipinski definition) is 1. The molecule has 3 unspecified atom stereocenters. The molecule has 1 N–H and O–H groups in total. The smallest absolute Gasteiger partial charge is 0.0100 e. The second-order valence-electron chi connectivity index (χ2n) is 7.00. The Morgan fingerprint density at radius 1 is 1.12 bits per heavy atom. The molecule has 1 nitrogen and oxygen atoms in total. The molecule has 3 atom stereocenters. The fraction of sp³-hybridized carbons (Fsp3) is 1.00. The van der Waals surface area contributed by atoms with Gasteiger partial charge in [0, 0.05) is 6.04 Å². The van der Waals surface area contributed by atoms with E-state index >= 15 is 0 Å². The minimum atomic E-state index is 0.475. The second kappa shape index (κ2) is 5.97. The molecule has 1 aliphatic heterocycles. The van der Waals surface area contributed by atoms with Gasteiger partial charge in [0.1, 0.15) is 0 Å². The molecule has 0 aromatic carbocycles. The maximum Gasteiger partial charge on any atom is 0.0100 e. The molecule has 17 heavy (non-hydrogen) atoms. The number of rotatable bonds is 3. The van der Waals surface area contributed by atoms with Crippen molar-refractivity contribution < 1.29 is 0 Å². The lowest BCUT2D eigenvalue weighted by Crippen LogP contribution is -2.45. The third kappa shape index (κ3) is 3.89. The van der Waals surface area contributed by atoms with Crippen molar-refractivity contribution in [1.29, 1.82) is 0 Å². The molecule has 0 spiro atoms. The lowest BCUT2D eigenvalue weighted by Gasteiger charge is -2.41. The highest BCUT2D eigenvalue weighted by molar-refractivity contribution is 7.99. The fourth-order valence-corrected chi connectivity index (χ4v) is 4.76. The molecular formula is C15H29NS. The van der Waals surface area contributed by atoms with E-state index in [-0.39, 0.29) is 0 Å². The van der Waals surface area contributed by atoms with Crippen LogP contribution in [0.2, 0.25) is 0 Å². The Balaban J connectivity index is 1.83. The van der Waals surface area contributed by atoms with Crippen LogP contribution in [0.1, 0.15) is 52.9 Å². The minimum Gasteiger partial charge on any atom is -0.313 e. The molecule has 1 saturated carbocycles. The summed E-state index contributed by atoms with van der Waals surface area (Å²) in [6.07, 6.45) is 7.15. The molecule has 1 heterocycles. The maximum atomic E-state index is 3.91. The predicted molar refractivity (Wildman–Crippen MR) is 78.6 cm³/mol. The quantitative estimate of drug-likeness (QED) is 0.820. The van der Waals surface area contributed by atoms with Crippen molar-refractivity contribution in [2.24, 2.45) is 17.3 Å². The van der Waals surface area contributed by atoms with E-state index < -0.39 is 0 Å². The molecule has 0 aromatic rings. The van der Waals surface area contributed by atoms with Crippen LogP contribution in [0.3, 0.4) is 0 Å². The summed E-state index contributed by atoms with van der Waals surface area (Å²) in [6.45, 7) is 8.53. The fourth-order valence-electron chi connectivity index (χ4n) is 3.47. The SMILES string of the molecule is CC(C)(C)C1CCCCC1NCC1CCSC1. The summed E-state index contributed by atoms with van der Waals surface area (Å²) < 4.78 is 0. The summed E-state index contributed by atoms with van der Waals surface area (Å²) in [5.74, 6) is 4.60. The topological polar surface area (TPSA) is 12.0 Å². The van der Waals surface area contributed by atoms with Crippen LogP contribution in [0.5, 0.6) is 0 Å². The minimum absolute atomic E-state index is 0.475. The molecule has 0 radical (unpaired) electrons. The first kappa shape index (κ1) is 13.7. The Bertz CT molecular complexity index is 228. The molecule has 0 aromatic heterocycles. The zero-order valence-electron chi connectivity index (χ0n) is 11.8. The van der Waals surface area contributed by atoms with Crippen LogP contribution in [-0.4, -0.2) is 24.1 Å². The van der Waals surface area contributed by atoms with Crippen molar-refractivity contribution in [2.75, 3.05) is 18.1 Å². The van der Waals surface area contributed by atoms with Gasteiger partial charge in [-0.3, -0.25) is 0 Å². The van der Waals surface area contributed by atoms with Crippen LogP contribution < -0.4 is 5.32 Å². The van der Waals surface area contributed by atoms with E-state index in [9.17, 15) is 0 Å². The predicted octanol–water partition coefficient (Wildman–Crippen LogP) is 3.93. The molecule has 2 rings (SSSR count). The molecule has 2 heteroatoms. The van der Waals surface area contributed by atoms with Crippen molar-refractivity contribution in [1.82, 2.24) is 5.32 Å². The van der Waals surface area contributed by atoms with Crippen molar-refractivity contribution in [3.05, 3.63) is 0 Å². The summed E-state index contributed by atoms with van der Waals surface area (Å²) in [5.41, 5.74) is 0.475. The lowest BCUT2D eigenvalue weighted by molar-refractivity contribution is 0.128. The second-order valence-corrected chi connectivity index (χ2v) is 8.15. The van der Waals surface area contributed by atoms with Gasteiger partial charge in [-0.1, -0.05) is 33.6 Å². The Morgan fingerprint density at radius 2 is 1.88 bits per heavy atom. The van der Waals surface area contributed by atoms with E-state index in [1.165, 1.54) is 50.2 Å². The van der Waals surface area contributed by atoms with Gasteiger partial charge < -0.3 is 5.32 Å². The van der Waals surface area contributed by atoms with E-state index in [1.807, 2.05) is 0 Å². The van der Waals surface area contributed by atoms with E-state index in [0.717, 1.165) is 17.9 Å². The van der Waals surface area contributed by atoms with Crippen molar-refractivity contribution in [2.45, 2.75) is 58.9 Å². The van der Waals surface area contributed by atoms with Gasteiger partial charge in [-0.05, 0) is 54.6 Å². The number of hydrogen-bond acceptors (Lipinski definition) is 2. The van der Waals surface area contributed by atoms with Crippen LogP contribution >= 0.6 is 11.8 Å². The van der Waals surface area contributed by atoms with Gasteiger partial charge in [-0.2, -0.15) is 11.8 Å². The highest BCUT2D eigenvalue weighted by Gasteiger charge is 2.34. The van der Waals surface area contributed by atoms with Gasteiger partial charge in [0.25, 0.3) is 0 Å². The van der Waals surface area contributed by atoms with Crippen molar-refractivity contribution >= 4 is 11.8 Å². The number of thioether (sulfide) groups is 1. The highest BCUT2D eigenvalue weighted by atomic mass is 32.2. The monoisotopic (exact) mass is 255 g/mol. The Hall–Kier alpha value is 0.310. The average Bonchev–Trinajstić information content (AvgIpc) is 2.78. The van der Waals surface area contributed by atoms with Gasteiger partial charge >= 0.3 is 0 Å². The molecule has 1 saturated heterocycles. The Labute approximate surface area is 112 Å². The van der Waals surface area contributed by atoms with Crippen molar-refractivity contribution in [3.8, 4) is 0 Å². The zero-order chi connectivity index (χ0) is 12.3. The Kier molecular flexibility index (Phi) is 4.82. The van der Waals surface area contributed by atoms with Gasteiger partial charge in [0.05, 0.1) is 0 Å². The largest absolute Gasteiger partial charge is 0.313 e. The highest BCUT2D eigenvalue weighted by Crippen LogP contribution is 2.38. The first-order valence-corrected chi connectivity index (χ1v) is 8.54. The summed E-state index contributed by atoms with van der Waals surface area (Å²) in [5, 5.41) is 3.91. The average molecular weight is 255 g/mol. The summed E-state index contributed by atoms with van der Waals surface area (Å²) in [6, 6.07) is 0.786. The molecular weight excluding hydrogens is 226 g/mol. The lowest BCUT2D eigenvalue weighted by atomic mass is 9.69. The van der Waals surface area contributed by atoms with Gasteiger partial charge in [0.15, 0.2) is 0 Å². The third-order valence-electron chi connectivity index (χ3n) is 4.57. The van der Waals surface area contributed by atoms with Crippen molar-refractivity contribution in [3.63, 3.8) is 0 Å². The first-order valence-electron chi connectivity index (χ1n) is 7.38. The van der Waals surface area contributed by atoms with Crippen LogP contribution in [-0.2, 0) is 0 Å². The van der Waals surface area contributed by atoms with Gasteiger partial charge in [0.2, 0.25) is 0 Å². The molecule has 0 bridgehead atoms. The van der Waals surface area contributed by atoms with E-state index in [1.54, 1.807) is 0 Å². The number of nitrogens with one attached hydrogen (secondary N) is 1. The first-order chi connectivity index (χ1) is 8.07. The standard InChI is InChI=1S/C15H29NS/c1-15(2,3)13-6-4-5-7-14(13)16-10-12-8-9-17-11-12/h12-14,16H,4-11H2,1-3H3. The molecule has 1 aliphatic carbocycles. The van der Waals surface area contributed by atoms with Crippen LogP contribution in [0.15, 0.2) is 0 Å². The third-order valence-corrected chi connectivity index (χ3v) is 5.80. The molecule has 2 fully saturated rings. The molecule has 100 valence electrons. The Morgan fingerprint density at radius 3 is 2.53 bits per heavy atom. The zero-order valence-corrected chi connectivity index (χ0v) is 12.6. The summed E-state index contributed by atoms with van der Waals surface area (Å²) in [7, 11) is 0. The normalized spacial score (nSPS) is 35.1. The summed E-state index contributed by atoms with van der Waals surface area (Å²) >= 11 is 2.14. The molecule has 0 amide bonds. The van der Waals surface area contributed by atoms with E-state index in [0.29, 0.717) is 5.41 Å². The van der Waals surface area contributed by atoms with Crippen LogP contribution in [0.4, 0.5) is 0 Å².